The Kier molecular flexibility index (Phi) is 5.97. The Balaban J connectivity index is 1.57. The largest absolute Gasteiger partial charge is 0.497 e. The van der Waals surface area contributed by atoms with Gasteiger partial charge in [0, 0.05) is 16.6 Å². The van der Waals surface area contributed by atoms with Crippen LogP contribution in [0.5, 0.6) is 5.75 Å². The molecule has 1 aliphatic heterocycles. The van der Waals surface area contributed by atoms with E-state index in [1.165, 1.54) is 23.8 Å². The summed E-state index contributed by atoms with van der Waals surface area (Å²) in [6.07, 6.45) is 0. The summed E-state index contributed by atoms with van der Waals surface area (Å²) in [5.74, 6) is -0.211. The Bertz CT molecular complexity index is 844. The number of hydrogen-bond acceptors (Lipinski definition) is 5. The van der Waals surface area contributed by atoms with Crippen molar-refractivity contribution in [2.45, 2.75) is 4.90 Å². The van der Waals surface area contributed by atoms with E-state index in [1.54, 1.807) is 24.3 Å². The molecular formula is C19H19N3O4S. The number of ether oxygens (including phenoxy) is 1. The van der Waals surface area contributed by atoms with E-state index in [1.807, 2.05) is 30.3 Å². The van der Waals surface area contributed by atoms with Gasteiger partial charge in [0.15, 0.2) is 0 Å². The predicted octanol–water partition coefficient (Wildman–Crippen LogP) is 1.69. The Morgan fingerprint density at radius 3 is 2.59 bits per heavy atom. The fourth-order valence-electron chi connectivity index (χ4n) is 2.58. The van der Waals surface area contributed by atoms with Crippen molar-refractivity contribution >= 4 is 35.2 Å². The summed E-state index contributed by atoms with van der Waals surface area (Å²) in [5.41, 5.74) is 3.10. The Morgan fingerprint density at radius 2 is 1.85 bits per heavy atom. The van der Waals surface area contributed by atoms with Gasteiger partial charge in [-0.05, 0) is 24.3 Å². The predicted molar refractivity (Wildman–Crippen MR) is 102 cm³/mol. The van der Waals surface area contributed by atoms with E-state index >= 15 is 0 Å². The summed E-state index contributed by atoms with van der Waals surface area (Å²) in [4.78, 5) is 39.3. The van der Waals surface area contributed by atoms with E-state index < -0.39 is 0 Å². The van der Waals surface area contributed by atoms with Gasteiger partial charge in [0.25, 0.3) is 5.91 Å². The molecule has 0 unspecified atom stereocenters. The maximum absolute atomic E-state index is 12.4. The third kappa shape index (κ3) is 4.79. The first kappa shape index (κ1) is 18.8. The lowest BCUT2D eigenvalue weighted by Crippen LogP contribution is -2.59. The van der Waals surface area contributed by atoms with Crippen molar-refractivity contribution < 1.29 is 19.1 Å². The first-order chi connectivity index (χ1) is 13.1. The maximum Gasteiger partial charge on any atom is 0.261 e. The quantitative estimate of drug-likeness (QED) is 0.766. The third-order valence-corrected chi connectivity index (χ3v) is 4.94. The fourth-order valence-corrected chi connectivity index (χ4v) is 3.29. The van der Waals surface area contributed by atoms with Crippen molar-refractivity contribution in [1.82, 2.24) is 10.4 Å². The molecule has 1 N–H and O–H groups in total. The number of hydrazine groups is 1. The number of rotatable bonds is 6. The molecule has 3 rings (SSSR count). The van der Waals surface area contributed by atoms with E-state index in [0.29, 0.717) is 11.4 Å². The molecule has 0 aliphatic carbocycles. The standard InChI is InChI=1S/C19H19N3O4S/c1-26-15-7-5-6-14(10-15)21-11-19(25)22(12-18(21)24)20-17(23)13-27-16-8-3-2-4-9-16/h2-10H,11-13H2,1H3,(H,20,23). The van der Waals surface area contributed by atoms with E-state index in [0.717, 1.165) is 9.90 Å². The van der Waals surface area contributed by atoms with Crippen molar-refractivity contribution in [2.24, 2.45) is 0 Å². The van der Waals surface area contributed by atoms with Crippen molar-refractivity contribution in [1.29, 1.82) is 0 Å². The highest BCUT2D eigenvalue weighted by Gasteiger charge is 2.32. The van der Waals surface area contributed by atoms with Gasteiger partial charge in [0.2, 0.25) is 11.8 Å². The van der Waals surface area contributed by atoms with E-state index in [4.69, 9.17) is 4.74 Å². The molecule has 2 aromatic carbocycles. The van der Waals surface area contributed by atoms with E-state index in [9.17, 15) is 14.4 Å². The average molecular weight is 385 g/mol. The molecular weight excluding hydrogens is 366 g/mol. The minimum absolute atomic E-state index is 0.141. The Hall–Kier alpha value is -3.00. The van der Waals surface area contributed by atoms with Gasteiger partial charge in [-0.1, -0.05) is 24.3 Å². The van der Waals surface area contributed by atoms with Crippen molar-refractivity contribution in [3.63, 3.8) is 0 Å². The molecule has 1 fully saturated rings. The number of nitrogens with one attached hydrogen (secondary N) is 1. The van der Waals surface area contributed by atoms with Crippen LogP contribution in [0.25, 0.3) is 0 Å². The van der Waals surface area contributed by atoms with Crippen LogP contribution in [0.15, 0.2) is 59.5 Å². The van der Waals surface area contributed by atoms with Crippen LogP contribution in [0, 0.1) is 0 Å². The molecule has 0 aromatic heterocycles. The highest BCUT2D eigenvalue weighted by Crippen LogP contribution is 2.23. The zero-order valence-corrected chi connectivity index (χ0v) is 15.6. The lowest BCUT2D eigenvalue weighted by Gasteiger charge is -2.33. The second kappa shape index (κ2) is 8.59. The fraction of sp³-hybridized carbons (Fsp3) is 0.211. The monoisotopic (exact) mass is 385 g/mol. The van der Waals surface area contributed by atoms with Gasteiger partial charge in [-0.2, -0.15) is 0 Å². The number of anilines is 1. The topological polar surface area (TPSA) is 79.0 Å². The molecule has 140 valence electrons. The van der Waals surface area contributed by atoms with E-state index in [-0.39, 0.29) is 36.6 Å². The second-order valence-corrected chi connectivity index (χ2v) is 6.85. The molecule has 7 nitrogen and oxygen atoms in total. The van der Waals surface area contributed by atoms with Crippen LogP contribution in [0.4, 0.5) is 5.69 Å². The van der Waals surface area contributed by atoms with Crippen molar-refractivity contribution in [3.05, 3.63) is 54.6 Å². The van der Waals surface area contributed by atoms with Gasteiger partial charge in [0.05, 0.1) is 12.9 Å². The number of carbonyl (C=O) groups is 3. The maximum atomic E-state index is 12.4. The zero-order chi connectivity index (χ0) is 19.2. The lowest BCUT2D eigenvalue weighted by molar-refractivity contribution is -0.145. The van der Waals surface area contributed by atoms with Gasteiger partial charge < -0.3 is 9.64 Å². The van der Waals surface area contributed by atoms with Gasteiger partial charge in [0.1, 0.15) is 18.8 Å². The normalized spacial score (nSPS) is 14.3. The molecule has 1 aliphatic rings. The minimum Gasteiger partial charge on any atom is -0.497 e. The van der Waals surface area contributed by atoms with Crippen LogP contribution in [0.3, 0.4) is 0 Å². The third-order valence-electron chi connectivity index (χ3n) is 3.93. The van der Waals surface area contributed by atoms with Crippen molar-refractivity contribution in [3.8, 4) is 5.75 Å². The smallest absolute Gasteiger partial charge is 0.261 e. The number of thioether (sulfide) groups is 1. The summed E-state index contributed by atoms with van der Waals surface area (Å²) >= 11 is 1.36. The molecule has 0 saturated carbocycles. The van der Waals surface area contributed by atoms with Crippen LogP contribution in [0.2, 0.25) is 0 Å². The molecule has 0 radical (unpaired) electrons. The number of nitrogens with zero attached hydrogens (tertiary/aromatic N) is 2. The molecule has 1 saturated heterocycles. The number of piperazine rings is 1. The summed E-state index contributed by atoms with van der Waals surface area (Å²) < 4.78 is 5.15. The molecule has 0 atom stereocenters. The molecule has 1 heterocycles. The van der Waals surface area contributed by atoms with Crippen LogP contribution >= 0.6 is 11.8 Å². The van der Waals surface area contributed by atoms with Crippen molar-refractivity contribution in [2.75, 3.05) is 30.9 Å². The summed E-state index contributed by atoms with van der Waals surface area (Å²) in [6, 6.07) is 16.4. The molecule has 0 bridgehead atoms. The molecule has 8 heteroatoms. The van der Waals surface area contributed by atoms with Crippen LogP contribution in [-0.2, 0) is 14.4 Å². The lowest BCUT2D eigenvalue weighted by atomic mass is 10.2. The molecule has 3 amide bonds. The Labute approximate surface area is 161 Å². The minimum atomic E-state index is -0.351. The number of amides is 3. The summed E-state index contributed by atoms with van der Waals surface area (Å²) in [6.45, 7) is -0.351. The zero-order valence-electron chi connectivity index (χ0n) is 14.8. The number of methoxy groups -OCH3 is 1. The second-order valence-electron chi connectivity index (χ2n) is 5.80. The van der Waals surface area contributed by atoms with Crippen LogP contribution < -0.4 is 15.1 Å². The first-order valence-corrected chi connectivity index (χ1v) is 9.27. The highest BCUT2D eigenvalue weighted by atomic mass is 32.2. The summed E-state index contributed by atoms with van der Waals surface area (Å²) in [7, 11) is 1.53. The van der Waals surface area contributed by atoms with Gasteiger partial charge >= 0.3 is 0 Å². The van der Waals surface area contributed by atoms with E-state index in [2.05, 4.69) is 5.43 Å². The van der Waals surface area contributed by atoms with Gasteiger partial charge in [-0.25, -0.2) is 5.01 Å². The first-order valence-electron chi connectivity index (χ1n) is 8.29. The van der Waals surface area contributed by atoms with Gasteiger partial charge in [-0.3, -0.25) is 19.8 Å². The van der Waals surface area contributed by atoms with Crippen LogP contribution in [0.1, 0.15) is 0 Å². The van der Waals surface area contributed by atoms with Gasteiger partial charge in [-0.15, -0.1) is 11.8 Å². The number of benzene rings is 2. The van der Waals surface area contributed by atoms with Crippen LogP contribution in [-0.4, -0.2) is 48.7 Å². The number of carbonyl (C=O) groups excluding carboxylic acids is 3. The Morgan fingerprint density at radius 1 is 1.07 bits per heavy atom. The molecule has 2 aromatic rings. The number of hydrogen-bond donors (Lipinski definition) is 1. The molecule has 0 spiro atoms. The average Bonchev–Trinajstić information content (AvgIpc) is 2.69. The summed E-state index contributed by atoms with van der Waals surface area (Å²) in [5, 5.41) is 1.08. The SMILES string of the molecule is COc1cccc(N2CC(=O)N(NC(=O)CSc3ccccc3)CC2=O)c1. The highest BCUT2D eigenvalue weighted by molar-refractivity contribution is 8.00. The molecule has 27 heavy (non-hydrogen) atoms.